The fraction of sp³-hybridized carbons (Fsp3) is 0.731. The molecule has 0 aromatic heterocycles. The van der Waals surface area contributed by atoms with E-state index in [9.17, 15) is 34.8 Å². The number of aliphatic hydroxyl groups is 4. The van der Waals surface area contributed by atoms with Gasteiger partial charge in [0.1, 0.15) is 6.10 Å². The van der Waals surface area contributed by atoms with E-state index in [1.807, 2.05) is 0 Å². The van der Waals surface area contributed by atoms with Crippen molar-refractivity contribution in [2.24, 2.45) is 34.5 Å². The Kier molecular flexibility index (Phi) is 5.73. The molecule has 4 fully saturated rings. The van der Waals surface area contributed by atoms with Crippen molar-refractivity contribution in [3.05, 3.63) is 23.8 Å². The molecule has 36 heavy (non-hydrogen) atoms. The van der Waals surface area contributed by atoms with Gasteiger partial charge in [-0.1, -0.05) is 33.8 Å². The second-order valence-electron chi connectivity index (χ2n) is 11.8. The van der Waals surface area contributed by atoms with Crippen molar-refractivity contribution in [1.29, 1.82) is 0 Å². The molecule has 9 atom stereocenters. The lowest BCUT2D eigenvalue weighted by atomic mass is 9.45. The van der Waals surface area contributed by atoms with Crippen LogP contribution in [0.25, 0.3) is 0 Å². The first kappa shape index (κ1) is 25.7. The summed E-state index contributed by atoms with van der Waals surface area (Å²) in [7, 11) is 0. The van der Waals surface area contributed by atoms with Crippen LogP contribution in [0.2, 0.25) is 0 Å². The van der Waals surface area contributed by atoms with Crippen LogP contribution in [0.1, 0.15) is 47.0 Å². The number of aliphatic hydroxyl groups excluding tert-OH is 2. The highest BCUT2D eigenvalue weighted by molar-refractivity contribution is 6.01. The summed E-state index contributed by atoms with van der Waals surface area (Å²) in [6.45, 7) is 4.62. The third-order valence-electron chi connectivity index (χ3n) is 9.52. The first-order chi connectivity index (χ1) is 16.7. The molecule has 1 aliphatic heterocycles. The molecule has 4 N–H and O–H groups in total. The van der Waals surface area contributed by atoms with E-state index in [0.29, 0.717) is 0 Å². The smallest absolute Gasteiger partial charge is 0.308 e. The Morgan fingerprint density at radius 3 is 2.56 bits per heavy atom. The molecule has 0 aromatic rings. The highest BCUT2D eigenvalue weighted by Crippen LogP contribution is 2.70. The molecule has 0 radical (unpaired) electrons. The minimum atomic E-state index is -2.29. The summed E-state index contributed by atoms with van der Waals surface area (Å²) >= 11 is 0. The van der Waals surface area contributed by atoms with Gasteiger partial charge in [-0.25, -0.2) is 0 Å². The Labute approximate surface area is 208 Å². The van der Waals surface area contributed by atoms with Gasteiger partial charge in [-0.3, -0.25) is 14.4 Å². The Morgan fingerprint density at radius 2 is 1.89 bits per heavy atom. The van der Waals surface area contributed by atoms with Crippen LogP contribution in [-0.4, -0.2) is 74.6 Å². The zero-order valence-electron chi connectivity index (χ0n) is 20.8. The summed E-state index contributed by atoms with van der Waals surface area (Å²) < 4.78 is 16.6. The summed E-state index contributed by atoms with van der Waals surface area (Å²) in [6, 6.07) is 0. The minimum Gasteiger partial charge on any atom is -0.457 e. The average Bonchev–Trinajstić information content (AvgIpc) is 3.23. The molecule has 0 spiro atoms. The fourth-order valence-corrected chi connectivity index (χ4v) is 8.09. The first-order valence-electron chi connectivity index (χ1n) is 12.5. The summed E-state index contributed by atoms with van der Waals surface area (Å²) in [6.07, 6.45) is 2.58. The summed E-state index contributed by atoms with van der Waals surface area (Å²) in [5.41, 5.74) is -3.61. The van der Waals surface area contributed by atoms with Gasteiger partial charge in [0.25, 0.3) is 6.48 Å². The van der Waals surface area contributed by atoms with Gasteiger partial charge >= 0.3 is 5.97 Å². The molecule has 3 saturated carbocycles. The number of carbonyl (C=O) groups is 3. The second-order valence-corrected chi connectivity index (χ2v) is 11.8. The number of ether oxygens (including phenoxy) is 3. The lowest BCUT2D eigenvalue weighted by Crippen LogP contribution is -2.66. The fourth-order valence-electron chi connectivity index (χ4n) is 8.09. The molecule has 5 rings (SSSR count). The van der Waals surface area contributed by atoms with Crippen LogP contribution in [0.15, 0.2) is 23.8 Å². The average molecular weight is 507 g/mol. The largest absolute Gasteiger partial charge is 0.457 e. The quantitative estimate of drug-likeness (QED) is 0.310. The zero-order chi connectivity index (χ0) is 26.4. The van der Waals surface area contributed by atoms with E-state index < -0.39 is 77.0 Å². The number of Topliss-reactive ketones (excluding diaryl/α,β-unsaturated/α-hetero) is 1. The summed E-state index contributed by atoms with van der Waals surface area (Å²) in [4.78, 5) is 37.8. The topological polar surface area (TPSA) is 160 Å². The highest BCUT2D eigenvalue weighted by Gasteiger charge is 2.77. The van der Waals surface area contributed by atoms with Gasteiger partial charge < -0.3 is 34.6 Å². The van der Waals surface area contributed by atoms with Crippen molar-refractivity contribution in [3.63, 3.8) is 0 Å². The molecule has 10 nitrogen and oxygen atoms in total. The monoisotopic (exact) mass is 506 g/mol. The van der Waals surface area contributed by atoms with Crippen molar-refractivity contribution < 1.29 is 49.0 Å². The number of allylic oxidation sites excluding steroid dienone is 3. The Morgan fingerprint density at radius 1 is 1.19 bits per heavy atom. The van der Waals surface area contributed by atoms with Crippen LogP contribution in [0, 0.1) is 34.5 Å². The predicted octanol–water partition coefficient (Wildman–Crippen LogP) is 0.364. The summed E-state index contributed by atoms with van der Waals surface area (Å²) in [5, 5.41) is 44.0. The SMILES string of the molecule is CC(C)C(=O)OCC(=O)C12OC(O)OC1CC1C3CC(O)(O)C4=CC(=O)C=CC4(C)C3C(O)CC12C. The van der Waals surface area contributed by atoms with Gasteiger partial charge in [-0.15, -0.1) is 0 Å². The van der Waals surface area contributed by atoms with E-state index in [2.05, 4.69) is 0 Å². The Bertz CT molecular complexity index is 1060. The summed E-state index contributed by atoms with van der Waals surface area (Å²) in [5.74, 6) is -5.52. The molecule has 1 heterocycles. The predicted molar refractivity (Wildman–Crippen MR) is 121 cm³/mol. The van der Waals surface area contributed by atoms with Gasteiger partial charge in [0, 0.05) is 28.7 Å². The molecule has 198 valence electrons. The zero-order valence-corrected chi connectivity index (χ0v) is 20.8. The second kappa shape index (κ2) is 8.02. The number of fused-ring (bicyclic) bond motifs is 7. The molecular weight excluding hydrogens is 472 g/mol. The van der Waals surface area contributed by atoms with Crippen molar-refractivity contribution >= 4 is 17.5 Å². The van der Waals surface area contributed by atoms with Gasteiger partial charge in [0.05, 0.1) is 12.0 Å². The van der Waals surface area contributed by atoms with E-state index >= 15 is 0 Å². The number of rotatable bonds is 4. The van der Waals surface area contributed by atoms with Gasteiger partial charge in [0.2, 0.25) is 5.78 Å². The maximum Gasteiger partial charge on any atom is 0.308 e. The van der Waals surface area contributed by atoms with Crippen LogP contribution in [0.5, 0.6) is 0 Å². The van der Waals surface area contributed by atoms with Crippen LogP contribution in [0.3, 0.4) is 0 Å². The molecule has 1 saturated heterocycles. The van der Waals surface area contributed by atoms with Crippen LogP contribution in [-0.2, 0) is 28.6 Å². The molecular formula is C26H34O10. The number of hydrogen-bond donors (Lipinski definition) is 4. The molecule has 0 bridgehead atoms. The molecule has 9 unspecified atom stereocenters. The van der Waals surface area contributed by atoms with Gasteiger partial charge in [-0.2, -0.15) is 0 Å². The Hall–Kier alpha value is -1.95. The number of hydrogen-bond acceptors (Lipinski definition) is 10. The molecule has 5 aliphatic rings. The van der Waals surface area contributed by atoms with E-state index in [4.69, 9.17) is 14.2 Å². The van der Waals surface area contributed by atoms with Gasteiger partial charge in [-0.05, 0) is 36.8 Å². The third-order valence-corrected chi connectivity index (χ3v) is 9.52. The van der Waals surface area contributed by atoms with E-state index in [-0.39, 0.29) is 36.5 Å². The minimum absolute atomic E-state index is 0.101. The van der Waals surface area contributed by atoms with E-state index in [1.54, 1.807) is 33.8 Å². The lowest BCUT2D eigenvalue weighted by molar-refractivity contribution is -0.266. The standard InChI is InChI=1S/C26H34O10/c1-12(2)21(30)34-11-18(29)26-19(35-22(31)36-26)8-15-14-9-25(32,33)17-7-13(27)5-6-23(17,3)20(14)16(28)10-24(15,26)4/h5-7,12,14-16,19-20,22,28,31-33H,8-11H2,1-4H3. The van der Waals surface area contributed by atoms with Crippen LogP contribution >= 0.6 is 0 Å². The van der Waals surface area contributed by atoms with Crippen molar-refractivity contribution in [3.8, 4) is 0 Å². The van der Waals surface area contributed by atoms with Gasteiger partial charge in [0.15, 0.2) is 23.8 Å². The van der Waals surface area contributed by atoms with Crippen LogP contribution < -0.4 is 0 Å². The third kappa shape index (κ3) is 3.28. The van der Waals surface area contributed by atoms with E-state index in [1.165, 1.54) is 12.2 Å². The molecule has 4 aliphatic carbocycles. The lowest BCUT2D eigenvalue weighted by Gasteiger charge is -2.61. The maximum atomic E-state index is 13.7. The van der Waals surface area contributed by atoms with Crippen molar-refractivity contribution in [1.82, 2.24) is 0 Å². The number of esters is 1. The van der Waals surface area contributed by atoms with E-state index in [0.717, 1.165) is 0 Å². The maximum absolute atomic E-state index is 13.7. The number of carbonyl (C=O) groups excluding carboxylic acids is 3. The Balaban J connectivity index is 1.55. The molecule has 0 aromatic carbocycles. The van der Waals surface area contributed by atoms with Crippen LogP contribution in [0.4, 0.5) is 0 Å². The normalized spacial score (nSPS) is 46.5. The highest BCUT2D eigenvalue weighted by atomic mass is 16.8. The van der Waals surface area contributed by atoms with Crippen molar-refractivity contribution in [2.45, 2.75) is 77.0 Å². The van der Waals surface area contributed by atoms with Crippen molar-refractivity contribution in [2.75, 3.05) is 6.61 Å². The number of ketones is 2. The first-order valence-corrected chi connectivity index (χ1v) is 12.5. The molecule has 0 amide bonds. The molecule has 10 heteroatoms.